The molecular formula is C14H19NO2. The molecule has 17 heavy (non-hydrogen) atoms. The van der Waals surface area contributed by atoms with E-state index in [-0.39, 0.29) is 10.9 Å². The third kappa shape index (κ3) is 2.38. The van der Waals surface area contributed by atoms with Gasteiger partial charge in [-0.15, -0.1) is 0 Å². The Morgan fingerprint density at radius 1 is 1.12 bits per heavy atom. The molecule has 1 aliphatic carbocycles. The normalized spacial score (nSPS) is 17.4. The van der Waals surface area contributed by atoms with Crippen LogP contribution in [0.15, 0.2) is 9.59 Å². The van der Waals surface area contributed by atoms with Crippen LogP contribution in [0.3, 0.4) is 0 Å². The van der Waals surface area contributed by atoms with Gasteiger partial charge in [-0.05, 0) is 44.2 Å². The molecule has 0 saturated heterocycles. The third-order valence-corrected chi connectivity index (χ3v) is 3.84. The molecule has 1 saturated carbocycles. The van der Waals surface area contributed by atoms with Gasteiger partial charge in [-0.25, -0.2) is 0 Å². The predicted octanol–water partition coefficient (Wildman–Crippen LogP) is 2.30. The van der Waals surface area contributed by atoms with Gasteiger partial charge in [-0.2, -0.15) is 0 Å². The molecule has 0 bridgehead atoms. The van der Waals surface area contributed by atoms with Gasteiger partial charge in [-0.1, -0.05) is 19.3 Å². The highest BCUT2D eigenvalue weighted by Gasteiger charge is 2.27. The van der Waals surface area contributed by atoms with Crippen LogP contribution in [0.25, 0.3) is 0 Å². The Hall–Kier alpha value is -1.25. The summed E-state index contributed by atoms with van der Waals surface area (Å²) in [6.07, 6.45) is 9.33. The Kier molecular flexibility index (Phi) is 3.87. The molecule has 1 N–H and O–H groups in total. The van der Waals surface area contributed by atoms with Crippen LogP contribution >= 0.6 is 0 Å². The molecule has 0 atom stereocenters. The summed E-state index contributed by atoms with van der Waals surface area (Å²) < 4.78 is 0. The second kappa shape index (κ2) is 5.39. The minimum Gasteiger partial charge on any atom is -0.313 e. The Morgan fingerprint density at radius 3 is 2.47 bits per heavy atom. The maximum atomic E-state index is 11.7. The van der Waals surface area contributed by atoms with E-state index in [1.807, 2.05) is 0 Å². The average Bonchev–Trinajstić information content (AvgIpc) is 2.38. The van der Waals surface area contributed by atoms with Crippen LogP contribution in [0.5, 0.6) is 0 Å². The van der Waals surface area contributed by atoms with Crippen molar-refractivity contribution in [1.82, 2.24) is 0 Å². The van der Waals surface area contributed by atoms with Gasteiger partial charge in [0.15, 0.2) is 0 Å². The SMILES string of the molecule is N=CCCCc1c(C2CCCCC2)c(=O)c1=O. The van der Waals surface area contributed by atoms with Crippen LogP contribution in [0, 0.1) is 5.41 Å². The highest BCUT2D eigenvalue weighted by molar-refractivity contribution is 5.52. The summed E-state index contributed by atoms with van der Waals surface area (Å²) in [6.45, 7) is 0. The first-order valence-electron chi connectivity index (χ1n) is 6.56. The van der Waals surface area contributed by atoms with Gasteiger partial charge in [0.05, 0.1) is 0 Å². The van der Waals surface area contributed by atoms with E-state index in [1.54, 1.807) is 0 Å². The van der Waals surface area contributed by atoms with Crippen LogP contribution in [0.1, 0.15) is 62.0 Å². The molecule has 0 amide bonds. The van der Waals surface area contributed by atoms with Gasteiger partial charge in [0.25, 0.3) is 0 Å². The van der Waals surface area contributed by atoms with Crippen molar-refractivity contribution in [1.29, 1.82) is 5.41 Å². The minimum atomic E-state index is -0.254. The van der Waals surface area contributed by atoms with Crippen LogP contribution in [0.4, 0.5) is 0 Å². The summed E-state index contributed by atoms with van der Waals surface area (Å²) in [5, 5.41) is 6.97. The van der Waals surface area contributed by atoms with Crippen LogP contribution in [0.2, 0.25) is 0 Å². The number of nitrogens with one attached hydrogen (secondary N) is 1. The first-order chi connectivity index (χ1) is 8.25. The molecule has 0 heterocycles. The van der Waals surface area contributed by atoms with E-state index >= 15 is 0 Å². The molecule has 2 rings (SSSR count). The Bertz CT molecular complexity index is 463. The van der Waals surface area contributed by atoms with Gasteiger partial charge >= 0.3 is 0 Å². The molecule has 1 aliphatic rings. The van der Waals surface area contributed by atoms with Crippen molar-refractivity contribution in [3.05, 3.63) is 31.6 Å². The monoisotopic (exact) mass is 233 g/mol. The lowest BCUT2D eigenvalue weighted by atomic mass is 9.78. The van der Waals surface area contributed by atoms with Crippen molar-refractivity contribution in [2.24, 2.45) is 0 Å². The van der Waals surface area contributed by atoms with E-state index in [0.717, 1.165) is 30.4 Å². The lowest BCUT2D eigenvalue weighted by Gasteiger charge is -2.24. The van der Waals surface area contributed by atoms with Crippen molar-refractivity contribution < 1.29 is 0 Å². The largest absolute Gasteiger partial charge is 0.313 e. The maximum absolute atomic E-state index is 11.7. The molecule has 1 aromatic rings. The molecule has 0 unspecified atom stereocenters. The first kappa shape index (κ1) is 12.2. The lowest BCUT2D eigenvalue weighted by molar-refractivity contribution is 0.436. The van der Waals surface area contributed by atoms with Crippen molar-refractivity contribution in [2.45, 2.75) is 57.3 Å². The Labute approximate surface area is 101 Å². The van der Waals surface area contributed by atoms with Gasteiger partial charge < -0.3 is 5.41 Å². The number of unbranched alkanes of at least 4 members (excludes halogenated alkanes) is 1. The van der Waals surface area contributed by atoms with Gasteiger partial charge in [0.1, 0.15) is 0 Å². The standard InChI is InChI=1S/C14H19NO2/c15-9-5-4-8-11-12(14(17)13(11)16)10-6-2-1-3-7-10/h9-10,15H,1-8H2. The predicted molar refractivity (Wildman–Crippen MR) is 68.9 cm³/mol. The molecular weight excluding hydrogens is 214 g/mol. The molecule has 3 heteroatoms. The average molecular weight is 233 g/mol. The van der Waals surface area contributed by atoms with E-state index in [2.05, 4.69) is 0 Å². The smallest absolute Gasteiger partial charge is 0.229 e. The highest BCUT2D eigenvalue weighted by Crippen LogP contribution is 2.32. The van der Waals surface area contributed by atoms with E-state index in [1.165, 1.54) is 25.5 Å². The fourth-order valence-corrected chi connectivity index (χ4v) is 2.91. The summed E-state index contributed by atoms with van der Waals surface area (Å²) >= 11 is 0. The van der Waals surface area contributed by atoms with E-state index in [0.29, 0.717) is 18.8 Å². The van der Waals surface area contributed by atoms with Gasteiger partial charge in [0, 0.05) is 11.1 Å². The van der Waals surface area contributed by atoms with E-state index < -0.39 is 0 Å². The van der Waals surface area contributed by atoms with E-state index in [4.69, 9.17) is 5.41 Å². The Balaban J connectivity index is 2.10. The number of hydrogen-bond donors (Lipinski definition) is 1. The number of rotatable bonds is 5. The van der Waals surface area contributed by atoms with Crippen molar-refractivity contribution in [3.8, 4) is 0 Å². The second-order valence-electron chi connectivity index (χ2n) is 4.98. The number of hydrogen-bond acceptors (Lipinski definition) is 3. The maximum Gasteiger partial charge on any atom is 0.229 e. The zero-order valence-electron chi connectivity index (χ0n) is 10.1. The van der Waals surface area contributed by atoms with Gasteiger partial charge in [-0.3, -0.25) is 9.59 Å². The quantitative estimate of drug-likeness (QED) is 0.482. The molecule has 0 aliphatic heterocycles. The molecule has 1 aromatic carbocycles. The molecule has 0 spiro atoms. The van der Waals surface area contributed by atoms with Crippen molar-refractivity contribution in [3.63, 3.8) is 0 Å². The van der Waals surface area contributed by atoms with Crippen molar-refractivity contribution in [2.75, 3.05) is 0 Å². The lowest BCUT2D eigenvalue weighted by Crippen LogP contribution is -2.41. The molecule has 92 valence electrons. The van der Waals surface area contributed by atoms with Crippen LogP contribution in [-0.2, 0) is 6.42 Å². The summed E-state index contributed by atoms with van der Waals surface area (Å²) in [7, 11) is 0. The summed E-state index contributed by atoms with van der Waals surface area (Å²) in [5.74, 6) is 0.351. The third-order valence-electron chi connectivity index (χ3n) is 3.84. The zero-order chi connectivity index (χ0) is 12.3. The minimum absolute atomic E-state index is 0.221. The fourth-order valence-electron chi connectivity index (χ4n) is 2.91. The van der Waals surface area contributed by atoms with Crippen LogP contribution < -0.4 is 10.9 Å². The summed E-state index contributed by atoms with van der Waals surface area (Å²) in [5.41, 5.74) is 1.15. The van der Waals surface area contributed by atoms with Crippen LogP contribution in [-0.4, -0.2) is 6.21 Å². The van der Waals surface area contributed by atoms with Crippen molar-refractivity contribution >= 4 is 6.21 Å². The molecule has 1 fully saturated rings. The molecule has 0 aromatic heterocycles. The second-order valence-corrected chi connectivity index (χ2v) is 4.98. The highest BCUT2D eigenvalue weighted by atomic mass is 16.2. The molecule has 0 radical (unpaired) electrons. The topological polar surface area (TPSA) is 58.0 Å². The summed E-state index contributed by atoms with van der Waals surface area (Å²) in [6, 6.07) is 0. The summed E-state index contributed by atoms with van der Waals surface area (Å²) in [4.78, 5) is 23.2. The van der Waals surface area contributed by atoms with Gasteiger partial charge in [0.2, 0.25) is 10.9 Å². The fraction of sp³-hybridized carbons (Fsp3) is 0.643. The first-order valence-corrected chi connectivity index (χ1v) is 6.56. The zero-order valence-corrected chi connectivity index (χ0v) is 10.1. The van der Waals surface area contributed by atoms with E-state index in [9.17, 15) is 9.59 Å². The Morgan fingerprint density at radius 2 is 1.82 bits per heavy atom. The molecule has 3 nitrogen and oxygen atoms in total.